The second-order valence-corrected chi connectivity index (χ2v) is 4.59. The van der Waals surface area contributed by atoms with E-state index in [1.807, 2.05) is 0 Å². The molecule has 0 aliphatic heterocycles. The van der Waals surface area contributed by atoms with E-state index in [1.54, 1.807) is 0 Å². The highest BCUT2D eigenvalue weighted by atomic mass is 16.5. The maximum absolute atomic E-state index is 8.61. The van der Waals surface area contributed by atoms with Crippen molar-refractivity contribution >= 4 is 0 Å². The molecule has 0 saturated heterocycles. The van der Waals surface area contributed by atoms with E-state index >= 15 is 0 Å². The molecule has 0 spiro atoms. The van der Waals surface area contributed by atoms with E-state index in [2.05, 4.69) is 6.92 Å². The van der Waals surface area contributed by atoms with E-state index in [1.165, 1.54) is 12.8 Å². The third-order valence-corrected chi connectivity index (χ3v) is 3.06. The van der Waals surface area contributed by atoms with Gasteiger partial charge in [-0.2, -0.15) is 0 Å². The van der Waals surface area contributed by atoms with Gasteiger partial charge in [-0.3, -0.25) is 0 Å². The van der Waals surface area contributed by atoms with Crippen LogP contribution in [0, 0.1) is 0 Å². The van der Waals surface area contributed by atoms with Gasteiger partial charge in [0.1, 0.15) is 0 Å². The van der Waals surface area contributed by atoms with Crippen LogP contribution < -0.4 is 0 Å². The molecule has 16 heavy (non-hydrogen) atoms. The number of ether oxygens (including phenoxy) is 2. The summed E-state index contributed by atoms with van der Waals surface area (Å²) in [5.41, 5.74) is 0. The van der Waals surface area contributed by atoms with Crippen LogP contribution in [0.1, 0.15) is 51.9 Å². The molecular formula is C13H26O3. The molecule has 0 amide bonds. The van der Waals surface area contributed by atoms with Crippen LogP contribution in [0.4, 0.5) is 0 Å². The van der Waals surface area contributed by atoms with Crippen molar-refractivity contribution in [3.8, 4) is 0 Å². The number of rotatable bonds is 10. The van der Waals surface area contributed by atoms with Gasteiger partial charge in [0, 0.05) is 19.8 Å². The Labute approximate surface area is 99.1 Å². The Morgan fingerprint density at radius 2 is 1.56 bits per heavy atom. The summed E-state index contributed by atoms with van der Waals surface area (Å²) in [6.07, 6.45) is 8.44. The van der Waals surface area contributed by atoms with E-state index in [-0.39, 0.29) is 0 Å². The van der Waals surface area contributed by atoms with Crippen molar-refractivity contribution < 1.29 is 14.6 Å². The minimum atomic E-state index is 0.302. The lowest BCUT2D eigenvalue weighted by atomic mass is 9.92. The zero-order valence-corrected chi connectivity index (χ0v) is 10.5. The second-order valence-electron chi connectivity index (χ2n) is 4.59. The maximum atomic E-state index is 8.61. The van der Waals surface area contributed by atoms with Gasteiger partial charge in [0.05, 0.1) is 12.2 Å². The lowest BCUT2D eigenvalue weighted by Gasteiger charge is -2.35. The molecule has 0 unspecified atom stereocenters. The summed E-state index contributed by atoms with van der Waals surface area (Å²) in [5, 5.41) is 8.61. The molecule has 1 fully saturated rings. The molecule has 0 aromatic carbocycles. The SMILES string of the molecule is CCCCOC1CC(OCCCCCO)C1. The first kappa shape index (κ1) is 13.9. The van der Waals surface area contributed by atoms with Crippen LogP contribution in [-0.4, -0.2) is 37.1 Å². The zero-order valence-electron chi connectivity index (χ0n) is 10.5. The van der Waals surface area contributed by atoms with E-state index < -0.39 is 0 Å². The van der Waals surface area contributed by atoms with E-state index in [4.69, 9.17) is 14.6 Å². The largest absolute Gasteiger partial charge is 0.396 e. The topological polar surface area (TPSA) is 38.7 Å². The van der Waals surface area contributed by atoms with Gasteiger partial charge in [-0.25, -0.2) is 0 Å². The Kier molecular flexibility index (Phi) is 7.81. The molecule has 3 heteroatoms. The van der Waals surface area contributed by atoms with Crippen molar-refractivity contribution in [1.29, 1.82) is 0 Å². The molecule has 1 saturated carbocycles. The minimum absolute atomic E-state index is 0.302. The highest BCUT2D eigenvalue weighted by Crippen LogP contribution is 2.26. The van der Waals surface area contributed by atoms with Gasteiger partial charge in [0.15, 0.2) is 0 Å². The first-order chi connectivity index (χ1) is 7.86. The van der Waals surface area contributed by atoms with Crippen LogP contribution in [-0.2, 0) is 9.47 Å². The molecule has 1 N–H and O–H groups in total. The number of hydrogen-bond donors (Lipinski definition) is 1. The van der Waals surface area contributed by atoms with Crippen molar-refractivity contribution in [2.45, 2.75) is 64.1 Å². The molecule has 0 heterocycles. The van der Waals surface area contributed by atoms with Gasteiger partial charge >= 0.3 is 0 Å². The molecule has 0 radical (unpaired) electrons. The number of aliphatic hydroxyl groups excluding tert-OH is 1. The Balaban J connectivity index is 1.81. The summed E-state index contributed by atoms with van der Waals surface area (Å²) in [7, 11) is 0. The van der Waals surface area contributed by atoms with Gasteiger partial charge < -0.3 is 14.6 Å². The third kappa shape index (κ3) is 5.83. The fourth-order valence-corrected chi connectivity index (χ4v) is 1.82. The number of unbranched alkanes of at least 4 members (excludes halogenated alkanes) is 3. The van der Waals surface area contributed by atoms with Crippen molar-refractivity contribution in [2.24, 2.45) is 0 Å². The molecular weight excluding hydrogens is 204 g/mol. The van der Waals surface area contributed by atoms with Crippen molar-refractivity contribution in [3.63, 3.8) is 0 Å². The maximum Gasteiger partial charge on any atom is 0.0624 e. The predicted molar refractivity (Wildman–Crippen MR) is 64.6 cm³/mol. The van der Waals surface area contributed by atoms with Crippen molar-refractivity contribution in [3.05, 3.63) is 0 Å². The highest BCUT2D eigenvalue weighted by molar-refractivity contribution is 4.81. The standard InChI is InChI=1S/C13H26O3/c1-2-3-8-15-12-10-13(11-12)16-9-6-4-5-7-14/h12-14H,2-11H2,1H3. The van der Waals surface area contributed by atoms with Crippen LogP contribution in [0.25, 0.3) is 0 Å². The van der Waals surface area contributed by atoms with Crippen LogP contribution in [0.3, 0.4) is 0 Å². The average Bonchev–Trinajstić information content (AvgIpc) is 2.24. The van der Waals surface area contributed by atoms with Crippen LogP contribution in [0.15, 0.2) is 0 Å². The quantitative estimate of drug-likeness (QED) is 0.586. The summed E-state index contributed by atoms with van der Waals surface area (Å²) < 4.78 is 11.4. The molecule has 3 nitrogen and oxygen atoms in total. The average molecular weight is 230 g/mol. The monoisotopic (exact) mass is 230 g/mol. The Hall–Kier alpha value is -0.120. The smallest absolute Gasteiger partial charge is 0.0624 e. The van der Waals surface area contributed by atoms with E-state index in [9.17, 15) is 0 Å². The molecule has 0 atom stereocenters. The van der Waals surface area contributed by atoms with E-state index in [0.29, 0.717) is 18.8 Å². The Morgan fingerprint density at radius 3 is 2.12 bits per heavy atom. The second kappa shape index (κ2) is 8.97. The van der Waals surface area contributed by atoms with Crippen molar-refractivity contribution in [1.82, 2.24) is 0 Å². The van der Waals surface area contributed by atoms with Gasteiger partial charge in [-0.15, -0.1) is 0 Å². The highest BCUT2D eigenvalue weighted by Gasteiger charge is 2.30. The van der Waals surface area contributed by atoms with Gasteiger partial charge in [-0.1, -0.05) is 13.3 Å². The van der Waals surface area contributed by atoms with Crippen LogP contribution in [0.5, 0.6) is 0 Å². The molecule has 0 aromatic heterocycles. The fourth-order valence-electron chi connectivity index (χ4n) is 1.82. The molecule has 96 valence electrons. The lowest BCUT2D eigenvalue weighted by Crippen LogP contribution is -2.37. The Morgan fingerprint density at radius 1 is 0.938 bits per heavy atom. The first-order valence-corrected chi connectivity index (χ1v) is 6.71. The molecule has 0 bridgehead atoms. The molecule has 1 aliphatic rings. The zero-order chi connectivity index (χ0) is 11.6. The molecule has 1 rings (SSSR count). The van der Waals surface area contributed by atoms with Crippen LogP contribution >= 0.6 is 0 Å². The molecule has 0 aromatic rings. The summed E-state index contributed by atoms with van der Waals surface area (Å²) in [5.74, 6) is 0. The third-order valence-electron chi connectivity index (χ3n) is 3.06. The fraction of sp³-hybridized carbons (Fsp3) is 1.00. The lowest BCUT2D eigenvalue weighted by molar-refractivity contribution is -0.102. The first-order valence-electron chi connectivity index (χ1n) is 6.71. The summed E-state index contributed by atoms with van der Waals surface area (Å²) in [6, 6.07) is 0. The van der Waals surface area contributed by atoms with Crippen LogP contribution in [0.2, 0.25) is 0 Å². The molecule has 1 aliphatic carbocycles. The summed E-state index contributed by atoms with van der Waals surface area (Å²) in [6.45, 7) is 4.23. The van der Waals surface area contributed by atoms with E-state index in [0.717, 1.165) is 45.3 Å². The normalized spacial score (nSPS) is 24.4. The summed E-state index contributed by atoms with van der Waals surface area (Å²) >= 11 is 0. The number of aliphatic hydroxyl groups is 1. The summed E-state index contributed by atoms with van der Waals surface area (Å²) in [4.78, 5) is 0. The van der Waals surface area contributed by atoms with Crippen molar-refractivity contribution in [2.75, 3.05) is 19.8 Å². The van der Waals surface area contributed by atoms with Gasteiger partial charge in [0.25, 0.3) is 0 Å². The van der Waals surface area contributed by atoms with Gasteiger partial charge in [-0.05, 0) is 38.5 Å². The predicted octanol–water partition coefficient (Wildman–Crippen LogP) is 2.51. The Bertz CT molecular complexity index is 153. The minimum Gasteiger partial charge on any atom is -0.396 e. The number of hydrogen-bond acceptors (Lipinski definition) is 3. The van der Waals surface area contributed by atoms with Gasteiger partial charge in [0.2, 0.25) is 0 Å².